The Morgan fingerprint density at radius 3 is 1.81 bits per heavy atom. The molecule has 272 valence electrons. The fourth-order valence-electron chi connectivity index (χ4n) is 9.68. The summed E-state index contributed by atoms with van der Waals surface area (Å²) < 4.78 is 9.45. The van der Waals surface area contributed by atoms with Crippen molar-refractivity contribution in [1.29, 1.82) is 0 Å². The minimum atomic E-state index is -2.89. The van der Waals surface area contributed by atoms with E-state index in [1.165, 1.54) is 68.9 Å². The summed E-state index contributed by atoms with van der Waals surface area (Å²) in [6, 6.07) is 78.3. The van der Waals surface area contributed by atoms with Crippen molar-refractivity contribution >= 4 is 99.3 Å². The monoisotopic (exact) mass is 773 g/mol. The van der Waals surface area contributed by atoms with E-state index in [1.807, 2.05) is 11.3 Å². The standard InChI is InChI=1S/C54H35NOSSi/c1-4-15-36(16-5-1)37-27-29-38(30-28-37)55(46-23-14-26-49-52(46)44-22-11-13-25-48(44)57-49)39-31-32-45-51(35-39)58(40-17-6-2-7-18-40,41-19-8-3-9-20-41)50-34-33-43-42-21-10-12-24-47(42)56-54(43)53(45)50/h1-35H. The van der Waals surface area contributed by atoms with Crippen LogP contribution < -0.4 is 25.6 Å². The van der Waals surface area contributed by atoms with E-state index in [4.69, 9.17) is 4.42 Å². The fraction of sp³-hybridized carbons (Fsp3) is 0. The molecule has 0 saturated heterocycles. The molecule has 0 bridgehead atoms. The zero-order valence-corrected chi connectivity index (χ0v) is 33.3. The Labute approximate surface area is 341 Å². The van der Waals surface area contributed by atoms with Gasteiger partial charge in [0.1, 0.15) is 11.2 Å². The van der Waals surface area contributed by atoms with Crippen LogP contribution >= 0.6 is 11.3 Å². The van der Waals surface area contributed by atoms with Crippen LogP contribution in [-0.2, 0) is 0 Å². The van der Waals surface area contributed by atoms with Crippen molar-refractivity contribution in [2.45, 2.75) is 0 Å². The Hall–Kier alpha value is -6.98. The summed E-state index contributed by atoms with van der Waals surface area (Å²) in [5.41, 5.74) is 10.2. The molecule has 58 heavy (non-hydrogen) atoms. The molecule has 0 fully saturated rings. The third-order valence-corrected chi connectivity index (χ3v) is 18.1. The van der Waals surface area contributed by atoms with Crippen molar-refractivity contribution < 1.29 is 4.42 Å². The summed E-state index contributed by atoms with van der Waals surface area (Å²) in [5.74, 6) is 0. The van der Waals surface area contributed by atoms with E-state index >= 15 is 0 Å². The van der Waals surface area contributed by atoms with Gasteiger partial charge in [-0.05, 0) is 86.0 Å². The molecule has 2 aromatic heterocycles. The van der Waals surface area contributed by atoms with Gasteiger partial charge in [-0.1, -0.05) is 164 Å². The lowest BCUT2D eigenvalue weighted by molar-refractivity contribution is 0.670. The second-order valence-corrected chi connectivity index (χ2v) is 20.0. The molecule has 0 N–H and O–H groups in total. The Kier molecular flexibility index (Phi) is 7.46. The first-order valence-corrected chi connectivity index (χ1v) is 22.7. The van der Waals surface area contributed by atoms with Gasteiger partial charge in [-0.2, -0.15) is 0 Å². The minimum absolute atomic E-state index is 0.920. The van der Waals surface area contributed by atoms with E-state index in [2.05, 4.69) is 217 Å². The number of hydrogen-bond acceptors (Lipinski definition) is 3. The first-order chi connectivity index (χ1) is 28.8. The van der Waals surface area contributed by atoms with Gasteiger partial charge in [0.05, 0.1) is 5.69 Å². The molecule has 0 aliphatic carbocycles. The zero-order chi connectivity index (χ0) is 38.2. The van der Waals surface area contributed by atoms with Gasteiger partial charge in [0.15, 0.2) is 8.07 Å². The number of furan rings is 1. The summed E-state index contributed by atoms with van der Waals surface area (Å²) in [6.07, 6.45) is 0. The number of nitrogens with zero attached hydrogens (tertiary/aromatic N) is 1. The van der Waals surface area contributed by atoms with Crippen LogP contribution in [0.5, 0.6) is 0 Å². The third-order valence-electron chi connectivity index (χ3n) is 12.2. The van der Waals surface area contributed by atoms with Crippen molar-refractivity contribution in [3.8, 4) is 22.3 Å². The van der Waals surface area contributed by atoms with Gasteiger partial charge >= 0.3 is 0 Å². The molecule has 0 amide bonds. The van der Waals surface area contributed by atoms with E-state index in [0.717, 1.165) is 33.3 Å². The summed E-state index contributed by atoms with van der Waals surface area (Å²) in [6.45, 7) is 0. The van der Waals surface area contributed by atoms with Crippen molar-refractivity contribution in [3.05, 3.63) is 212 Å². The SMILES string of the molecule is c1ccc(-c2ccc(N(c3ccc4c(c3)[Si](c3ccccc3)(c3ccccc3)c3ccc5c(oc6ccccc65)c3-4)c3cccc4sc5ccccc5c34)cc2)cc1. The molecule has 1 aliphatic rings. The summed E-state index contributed by atoms with van der Waals surface area (Å²) in [7, 11) is -2.89. The number of thiophene rings is 1. The molecule has 2 nitrogen and oxygen atoms in total. The highest BCUT2D eigenvalue weighted by atomic mass is 32.1. The molecular formula is C54H35NOSSi. The van der Waals surface area contributed by atoms with Gasteiger partial charge in [0.25, 0.3) is 0 Å². The van der Waals surface area contributed by atoms with Crippen molar-refractivity contribution in [3.63, 3.8) is 0 Å². The summed E-state index contributed by atoms with van der Waals surface area (Å²) in [4.78, 5) is 2.49. The molecular weight excluding hydrogens is 739 g/mol. The Bertz CT molecular complexity index is 3290. The normalized spacial score (nSPS) is 13.0. The molecule has 1 aliphatic heterocycles. The smallest absolute Gasteiger partial charge is 0.181 e. The maximum atomic E-state index is 6.87. The molecule has 0 saturated carbocycles. The van der Waals surface area contributed by atoms with E-state index in [0.29, 0.717) is 0 Å². The van der Waals surface area contributed by atoms with Crippen LogP contribution in [-0.4, -0.2) is 8.07 Å². The van der Waals surface area contributed by atoms with E-state index in [1.54, 1.807) is 0 Å². The van der Waals surface area contributed by atoms with Crippen LogP contribution in [0.1, 0.15) is 0 Å². The van der Waals surface area contributed by atoms with Crippen LogP contribution in [0.15, 0.2) is 217 Å². The fourth-order valence-corrected chi connectivity index (χ4v) is 16.0. The van der Waals surface area contributed by atoms with Crippen LogP contribution in [0.2, 0.25) is 0 Å². The average Bonchev–Trinajstić information content (AvgIpc) is 3.96. The molecule has 9 aromatic carbocycles. The van der Waals surface area contributed by atoms with Gasteiger partial charge in [0.2, 0.25) is 0 Å². The van der Waals surface area contributed by atoms with Crippen LogP contribution in [0.3, 0.4) is 0 Å². The summed E-state index contributed by atoms with van der Waals surface area (Å²) in [5, 5.41) is 10.3. The third kappa shape index (κ3) is 4.83. The van der Waals surface area contributed by atoms with E-state index in [-0.39, 0.29) is 0 Å². The number of para-hydroxylation sites is 1. The predicted molar refractivity (Wildman–Crippen MR) is 249 cm³/mol. The van der Waals surface area contributed by atoms with Crippen LogP contribution in [0, 0.1) is 0 Å². The van der Waals surface area contributed by atoms with Gasteiger partial charge < -0.3 is 9.32 Å². The van der Waals surface area contributed by atoms with E-state index < -0.39 is 8.07 Å². The lowest BCUT2D eigenvalue weighted by Crippen LogP contribution is -2.72. The summed E-state index contributed by atoms with van der Waals surface area (Å²) >= 11 is 1.86. The molecule has 0 radical (unpaired) electrons. The molecule has 11 aromatic rings. The lowest BCUT2D eigenvalue weighted by Gasteiger charge is -2.33. The van der Waals surface area contributed by atoms with Crippen molar-refractivity contribution in [2.24, 2.45) is 0 Å². The van der Waals surface area contributed by atoms with Gasteiger partial charge in [-0.25, -0.2) is 0 Å². The number of rotatable bonds is 6. The number of benzene rings is 9. The van der Waals surface area contributed by atoms with Crippen LogP contribution in [0.4, 0.5) is 17.1 Å². The highest BCUT2D eigenvalue weighted by molar-refractivity contribution is 7.26. The number of fused-ring (bicyclic) bond motifs is 10. The Morgan fingerprint density at radius 1 is 0.431 bits per heavy atom. The average molecular weight is 774 g/mol. The number of anilines is 3. The second-order valence-electron chi connectivity index (χ2n) is 15.2. The molecule has 12 rings (SSSR count). The number of hydrogen-bond donors (Lipinski definition) is 0. The predicted octanol–water partition coefficient (Wildman–Crippen LogP) is 12.4. The lowest BCUT2D eigenvalue weighted by atomic mass is 10.0. The minimum Gasteiger partial charge on any atom is -0.455 e. The van der Waals surface area contributed by atoms with Crippen LogP contribution in [0.25, 0.3) is 64.4 Å². The van der Waals surface area contributed by atoms with Crippen molar-refractivity contribution in [1.82, 2.24) is 0 Å². The van der Waals surface area contributed by atoms with Crippen molar-refractivity contribution in [2.75, 3.05) is 4.90 Å². The van der Waals surface area contributed by atoms with Gasteiger partial charge in [-0.3, -0.25) is 0 Å². The molecule has 0 atom stereocenters. The largest absolute Gasteiger partial charge is 0.455 e. The highest BCUT2D eigenvalue weighted by Crippen LogP contribution is 2.46. The Morgan fingerprint density at radius 2 is 1.05 bits per heavy atom. The Balaban J connectivity index is 1.17. The van der Waals surface area contributed by atoms with Gasteiger partial charge in [0, 0.05) is 47.9 Å². The maximum absolute atomic E-state index is 6.87. The second kappa shape index (κ2) is 13.0. The molecule has 3 heterocycles. The topological polar surface area (TPSA) is 16.4 Å². The van der Waals surface area contributed by atoms with E-state index in [9.17, 15) is 0 Å². The molecule has 0 spiro atoms. The molecule has 4 heteroatoms. The quantitative estimate of drug-likeness (QED) is 0.157. The molecule has 0 unspecified atom stereocenters. The first-order valence-electron chi connectivity index (χ1n) is 19.8. The highest BCUT2D eigenvalue weighted by Gasteiger charge is 2.50. The first kappa shape index (κ1) is 33.2. The van der Waals surface area contributed by atoms with Gasteiger partial charge in [-0.15, -0.1) is 11.3 Å². The maximum Gasteiger partial charge on any atom is 0.181 e. The zero-order valence-electron chi connectivity index (χ0n) is 31.5.